The Morgan fingerprint density at radius 1 is 1.50 bits per heavy atom. The minimum absolute atomic E-state index is 0.368. The summed E-state index contributed by atoms with van der Waals surface area (Å²) in [7, 11) is 0. The SMILES string of the molecule is CCC(C(=O)O)c1nccc(-c2ccc(Br)s2)n1. The number of hydrogen-bond acceptors (Lipinski definition) is 4. The molecule has 0 aromatic carbocycles. The van der Waals surface area contributed by atoms with Crippen molar-refractivity contribution in [2.24, 2.45) is 0 Å². The van der Waals surface area contributed by atoms with E-state index in [1.807, 2.05) is 19.1 Å². The second-order valence-corrected chi connectivity index (χ2v) is 6.17. The molecule has 0 saturated heterocycles. The van der Waals surface area contributed by atoms with Gasteiger partial charge in [-0.15, -0.1) is 11.3 Å². The molecule has 4 nitrogen and oxygen atoms in total. The summed E-state index contributed by atoms with van der Waals surface area (Å²) in [6.07, 6.45) is 2.09. The molecule has 94 valence electrons. The zero-order valence-electron chi connectivity index (χ0n) is 9.63. The van der Waals surface area contributed by atoms with Crippen LogP contribution >= 0.6 is 27.3 Å². The Morgan fingerprint density at radius 2 is 2.28 bits per heavy atom. The van der Waals surface area contributed by atoms with Crippen LogP contribution in [0.3, 0.4) is 0 Å². The summed E-state index contributed by atoms with van der Waals surface area (Å²) >= 11 is 4.95. The van der Waals surface area contributed by atoms with Gasteiger partial charge < -0.3 is 5.11 Å². The second-order valence-electron chi connectivity index (χ2n) is 3.70. The van der Waals surface area contributed by atoms with Gasteiger partial charge in [-0.1, -0.05) is 6.92 Å². The van der Waals surface area contributed by atoms with Crippen molar-refractivity contribution < 1.29 is 9.90 Å². The number of carbonyl (C=O) groups is 1. The molecule has 0 spiro atoms. The molecule has 1 atom stereocenters. The summed E-state index contributed by atoms with van der Waals surface area (Å²) in [5.74, 6) is -1.16. The monoisotopic (exact) mass is 326 g/mol. The minimum atomic E-state index is -0.887. The molecule has 0 aliphatic rings. The fourth-order valence-corrected chi connectivity index (χ4v) is 2.95. The highest BCUT2D eigenvalue weighted by Crippen LogP contribution is 2.30. The molecule has 18 heavy (non-hydrogen) atoms. The fourth-order valence-electron chi connectivity index (χ4n) is 1.60. The van der Waals surface area contributed by atoms with Gasteiger partial charge in [-0.3, -0.25) is 4.79 Å². The van der Waals surface area contributed by atoms with Gasteiger partial charge in [0.05, 0.1) is 14.4 Å². The third kappa shape index (κ3) is 2.76. The average Bonchev–Trinajstić information content (AvgIpc) is 2.77. The number of rotatable bonds is 4. The molecule has 0 saturated carbocycles. The Labute approximate surface area is 117 Å². The van der Waals surface area contributed by atoms with E-state index in [2.05, 4.69) is 25.9 Å². The summed E-state index contributed by atoms with van der Waals surface area (Å²) in [4.78, 5) is 20.5. The molecular weight excluding hydrogens is 316 g/mol. The third-order valence-corrected chi connectivity index (χ3v) is 4.16. The highest BCUT2D eigenvalue weighted by molar-refractivity contribution is 9.11. The summed E-state index contributed by atoms with van der Waals surface area (Å²) < 4.78 is 1.02. The van der Waals surface area contributed by atoms with Crippen LogP contribution < -0.4 is 0 Å². The molecule has 2 aromatic heterocycles. The largest absolute Gasteiger partial charge is 0.481 e. The topological polar surface area (TPSA) is 63.1 Å². The van der Waals surface area contributed by atoms with E-state index in [9.17, 15) is 4.79 Å². The summed E-state index contributed by atoms with van der Waals surface area (Å²) in [6, 6.07) is 5.68. The van der Waals surface area contributed by atoms with Crippen molar-refractivity contribution in [1.82, 2.24) is 9.97 Å². The standard InChI is InChI=1S/C12H11BrN2O2S/c1-2-7(12(16)17)11-14-6-5-8(15-11)9-3-4-10(13)18-9/h3-7H,2H2,1H3,(H,16,17). The third-order valence-electron chi connectivity index (χ3n) is 2.52. The lowest BCUT2D eigenvalue weighted by Gasteiger charge is -2.08. The molecule has 1 N–H and O–H groups in total. The van der Waals surface area contributed by atoms with Crippen LogP contribution in [-0.4, -0.2) is 21.0 Å². The van der Waals surface area contributed by atoms with Crippen LogP contribution in [0.25, 0.3) is 10.6 Å². The summed E-state index contributed by atoms with van der Waals surface area (Å²) in [5, 5.41) is 9.11. The first-order valence-corrected chi connectivity index (χ1v) is 7.04. The van der Waals surface area contributed by atoms with Crippen molar-refractivity contribution in [2.75, 3.05) is 0 Å². The molecule has 2 rings (SSSR count). The maximum absolute atomic E-state index is 11.1. The Bertz CT molecular complexity index is 571. The number of hydrogen-bond donors (Lipinski definition) is 1. The highest BCUT2D eigenvalue weighted by Gasteiger charge is 2.21. The molecule has 2 aromatic rings. The molecule has 1 unspecified atom stereocenters. The van der Waals surface area contributed by atoms with Gasteiger partial charge >= 0.3 is 5.97 Å². The fraction of sp³-hybridized carbons (Fsp3) is 0.250. The quantitative estimate of drug-likeness (QED) is 0.933. The predicted molar refractivity (Wildman–Crippen MR) is 73.7 cm³/mol. The Balaban J connectivity index is 2.38. The van der Waals surface area contributed by atoms with Crippen molar-refractivity contribution in [2.45, 2.75) is 19.3 Å². The van der Waals surface area contributed by atoms with Crippen LogP contribution in [0.15, 0.2) is 28.2 Å². The maximum atomic E-state index is 11.1. The van der Waals surface area contributed by atoms with Gasteiger partial charge in [-0.05, 0) is 40.5 Å². The Kier molecular flexibility index (Phi) is 4.08. The Morgan fingerprint density at radius 3 is 2.83 bits per heavy atom. The summed E-state index contributed by atoms with van der Waals surface area (Å²) in [5.41, 5.74) is 0.760. The first-order chi connectivity index (χ1) is 8.61. The lowest BCUT2D eigenvalue weighted by molar-refractivity contribution is -0.139. The van der Waals surface area contributed by atoms with E-state index in [-0.39, 0.29) is 0 Å². The Hall–Kier alpha value is -1.27. The van der Waals surface area contributed by atoms with Crippen molar-refractivity contribution >= 4 is 33.2 Å². The van der Waals surface area contributed by atoms with E-state index in [4.69, 9.17) is 5.11 Å². The molecular formula is C12H11BrN2O2S. The van der Waals surface area contributed by atoms with Crippen LogP contribution in [-0.2, 0) is 4.79 Å². The number of nitrogens with zero attached hydrogens (tertiary/aromatic N) is 2. The van der Waals surface area contributed by atoms with Gasteiger partial charge in [-0.25, -0.2) is 9.97 Å². The van der Waals surface area contributed by atoms with Gasteiger partial charge in [-0.2, -0.15) is 0 Å². The molecule has 0 aliphatic carbocycles. The normalized spacial score (nSPS) is 12.3. The predicted octanol–water partition coefficient (Wildman–Crippen LogP) is 3.55. The lowest BCUT2D eigenvalue weighted by Crippen LogP contribution is -2.14. The van der Waals surface area contributed by atoms with Crippen LogP contribution in [0.4, 0.5) is 0 Å². The average molecular weight is 327 g/mol. The van der Waals surface area contributed by atoms with Gasteiger partial charge in [0.2, 0.25) is 0 Å². The van der Waals surface area contributed by atoms with Crippen LogP contribution in [0, 0.1) is 0 Å². The van der Waals surface area contributed by atoms with Crippen molar-refractivity contribution in [3.8, 4) is 10.6 Å². The number of carboxylic acid groups (broad SMARTS) is 1. The van der Waals surface area contributed by atoms with Gasteiger partial charge in [0.15, 0.2) is 0 Å². The first kappa shape index (κ1) is 13.2. The van der Waals surface area contributed by atoms with Gasteiger partial charge in [0.25, 0.3) is 0 Å². The summed E-state index contributed by atoms with van der Waals surface area (Å²) in [6.45, 7) is 1.82. The number of thiophene rings is 1. The number of aromatic nitrogens is 2. The maximum Gasteiger partial charge on any atom is 0.314 e. The van der Waals surface area contributed by atoms with Crippen LogP contribution in [0.5, 0.6) is 0 Å². The van der Waals surface area contributed by atoms with Crippen LogP contribution in [0.1, 0.15) is 25.1 Å². The van der Waals surface area contributed by atoms with E-state index in [1.54, 1.807) is 23.6 Å². The molecule has 2 heterocycles. The minimum Gasteiger partial charge on any atom is -0.481 e. The molecule has 6 heteroatoms. The highest BCUT2D eigenvalue weighted by atomic mass is 79.9. The van der Waals surface area contributed by atoms with E-state index < -0.39 is 11.9 Å². The number of carboxylic acids is 1. The second kappa shape index (κ2) is 5.58. The molecule has 0 bridgehead atoms. The van der Waals surface area contributed by atoms with E-state index in [1.165, 1.54) is 0 Å². The first-order valence-electron chi connectivity index (χ1n) is 5.43. The molecule has 0 fully saturated rings. The number of halogens is 1. The molecule has 0 radical (unpaired) electrons. The van der Waals surface area contributed by atoms with E-state index >= 15 is 0 Å². The van der Waals surface area contributed by atoms with Gasteiger partial charge in [0.1, 0.15) is 11.7 Å². The smallest absolute Gasteiger partial charge is 0.314 e. The van der Waals surface area contributed by atoms with E-state index in [0.29, 0.717) is 12.2 Å². The van der Waals surface area contributed by atoms with Gasteiger partial charge in [0, 0.05) is 6.20 Å². The zero-order chi connectivity index (χ0) is 13.1. The van der Waals surface area contributed by atoms with Crippen molar-refractivity contribution in [3.63, 3.8) is 0 Å². The van der Waals surface area contributed by atoms with E-state index in [0.717, 1.165) is 14.4 Å². The van der Waals surface area contributed by atoms with Crippen molar-refractivity contribution in [1.29, 1.82) is 0 Å². The van der Waals surface area contributed by atoms with Crippen molar-refractivity contribution in [3.05, 3.63) is 34.0 Å². The van der Waals surface area contributed by atoms with Crippen LogP contribution in [0.2, 0.25) is 0 Å². The molecule has 0 aliphatic heterocycles. The lowest BCUT2D eigenvalue weighted by atomic mass is 10.1. The zero-order valence-corrected chi connectivity index (χ0v) is 12.0. The number of aliphatic carboxylic acids is 1. The molecule has 0 amide bonds.